The van der Waals surface area contributed by atoms with Gasteiger partial charge in [-0.2, -0.15) is 0 Å². The number of rotatable bonds is 4. The molecule has 4 nitrogen and oxygen atoms in total. The van der Waals surface area contributed by atoms with Gasteiger partial charge in [0, 0.05) is 18.7 Å². The third-order valence-electron chi connectivity index (χ3n) is 5.34. The van der Waals surface area contributed by atoms with Gasteiger partial charge in [0.05, 0.1) is 17.7 Å². The molecular formula is C19H27NO3. The number of benzene rings is 1. The van der Waals surface area contributed by atoms with Crippen molar-refractivity contribution in [1.82, 2.24) is 4.90 Å². The number of nitrogens with zero attached hydrogens (tertiary/aromatic N) is 1. The first kappa shape index (κ1) is 16.6. The molecule has 1 aromatic carbocycles. The maximum atomic E-state index is 12.5. The summed E-state index contributed by atoms with van der Waals surface area (Å²) in [5.74, 6) is 1.17. The van der Waals surface area contributed by atoms with Crippen molar-refractivity contribution in [2.24, 2.45) is 11.8 Å². The maximum Gasteiger partial charge on any atom is 0.176 e. The zero-order valence-corrected chi connectivity index (χ0v) is 14.2. The summed E-state index contributed by atoms with van der Waals surface area (Å²) in [6, 6.07) is 7.25. The van der Waals surface area contributed by atoms with Crippen molar-refractivity contribution < 1.29 is 15.0 Å². The van der Waals surface area contributed by atoms with Crippen LogP contribution in [-0.4, -0.2) is 46.1 Å². The average molecular weight is 317 g/mol. The lowest BCUT2D eigenvalue weighted by Crippen LogP contribution is -2.31. The second-order valence-electron chi connectivity index (χ2n) is 8.18. The van der Waals surface area contributed by atoms with Gasteiger partial charge in [-0.05, 0) is 51.0 Å². The fourth-order valence-corrected chi connectivity index (χ4v) is 4.20. The van der Waals surface area contributed by atoms with Gasteiger partial charge in [0.25, 0.3) is 0 Å². The Labute approximate surface area is 138 Å². The molecule has 2 aliphatic rings. The molecule has 1 aliphatic carbocycles. The van der Waals surface area contributed by atoms with Crippen LogP contribution in [0.1, 0.15) is 49.5 Å². The van der Waals surface area contributed by atoms with E-state index in [-0.39, 0.29) is 5.78 Å². The van der Waals surface area contributed by atoms with E-state index in [1.54, 1.807) is 26.0 Å². The van der Waals surface area contributed by atoms with Gasteiger partial charge in [-0.25, -0.2) is 0 Å². The van der Waals surface area contributed by atoms with Crippen molar-refractivity contribution in [3.8, 4) is 0 Å². The van der Waals surface area contributed by atoms with E-state index < -0.39 is 11.2 Å². The smallest absolute Gasteiger partial charge is 0.176 e. The summed E-state index contributed by atoms with van der Waals surface area (Å²) < 4.78 is 0. The standard InChI is InChI=1S/C19H27NO3/c1-18(2,22)16-6-4-13(5-7-16)17(21)12-20-10-14-8-19(3,23)9-15(14)11-20/h4-7,14-15,22-23H,8-12H2,1-3H3. The zero-order valence-electron chi connectivity index (χ0n) is 14.2. The first-order valence-corrected chi connectivity index (χ1v) is 8.45. The molecule has 3 rings (SSSR count). The molecule has 0 amide bonds. The predicted octanol–water partition coefficient (Wildman–Crippen LogP) is 2.19. The first-order chi connectivity index (χ1) is 10.6. The summed E-state index contributed by atoms with van der Waals surface area (Å²) >= 11 is 0. The van der Waals surface area contributed by atoms with Crippen LogP contribution in [0.3, 0.4) is 0 Å². The Morgan fingerprint density at radius 2 is 1.74 bits per heavy atom. The predicted molar refractivity (Wildman–Crippen MR) is 89.3 cm³/mol. The number of likely N-dealkylation sites (tertiary alicyclic amines) is 1. The molecule has 0 aromatic heterocycles. The highest BCUT2D eigenvalue weighted by molar-refractivity contribution is 5.97. The number of hydrogen-bond acceptors (Lipinski definition) is 4. The van der Waals surface area contributed by atoms with E-state index in [4.69, 9.17) is 0 Å². The number of ketones is 1. The highest BCUT2D eigenvalue weighted by atomic mass is 16.3. The molecule has 126 valence electrons. The molecule has 23 heavy (non-hydrogen) atoms. The van der Waals surface area contributed by atoms with Crippen LogP contribution in [-0.2, 0) is 5.60 Å². The van der Waals surface area contributed by atoms with Crippen molar-refractivity contribution in [2.75, 3.05) is 19.6 Å². The third kappa shape index (κ3) is 3.65. The minimum atomic E-state index is -0.884. The molecular weight excluding hydrogens is 290 g/mol. The molecule has 1 aromatic rings. The summed E-state index contributed by atoms with van der Waals surface area (Å²) in [7, 11) is 0. The number of hydrogen-bond donors (Lipinski definition) is 2. The van der Waals surface area contributed by atoms with Crippen LogP contribution in [0.2, 0.25) is 0 Å². The van der Waals surface area contributed by atoms with E-state index in [9.17, 15) is 15.0 Å². The lowest BCUT2D eigenvalue weighted by atomic mass is 9.96. The van der Waals surface area contributed by atoms with E-state index >= 15 is 0 Å². The van der Waals surface area contributed by atoms with Crippen LogP contribution in [0.25, 0.3) is 0 Å². The maximum absolute atomic E-state index is 12.5. The molecule has 2 N–H and O–H groups in total. The Kier molecular flexibility index (Phi) is 4.11. The molecule has 2 fully saturated rings. The molecule has 1 saturated carbocycles. The van der Waals surface area contributed by atoms with E-state index in [0.717, 1.165) is 31.5 Å². The molecule has 1 saturated heterocycles. The number of carbonyl (C=O) groups is 1. The van der Waals surface area contributed by atoms with Crippen LogP contribution in [0.4, 0.5) is 0 Å². The minimum absolute atomic E-state index is 0.124. The van der Waals surface area contributed by atoms with E-state index in [1.165, 1.54) is 0 Å². The third-order valence-corrected chi connectivity index (χ3v) is 5.34. The zero-order chi connectivity index (χ0) is 16.8. The average Bonchev–Trinajstić information content (AvgIpc) is 2.90. The summed E-state index contributed by atoms with van der Waals surface area (Å²) in [6.07, 6.45) is 1.70. The van der Waals surface area contributed by atoms with Gasteiger partial charge in [-0.1, -0.05) is 24.3 Å². The normalized spacial score (nSPS) is 31.3. The first-order valence-electron chi connectivity index (χ1n) is 8.45. The lowest BCUT2D eigenvalue weighted by molar-refractivity contribution is 0.0542. The van der Waals surface area contributed by atoms with Gasteiger partial charge in [0.1, 0.15) is 0 Å². The molecule has 1 heterocycles. The van der Waals surface area contributed by atoms with E-state index in [1.807, 2.05) is 19.1 Å². The SMILES string of the molecule is CC1(O)CC2CN(CC(=O)c3ccc(C(C)(C)O)cc3)CC2C1. The van der Waals surface area contributed by atoms with Crippen molar-refractivity contribution >= 4 is 5.78 Å². The van der Waals surface area contributed by atoms with Crippen LogP contribution in [0, 0.1) is 11.8 Å². The van der Waals surface area contributed by atoms with Gasteiger partial charge in [-0.15, -0.1) is 0 Å². The Hall–Kier alpha value is -1.23. The highest BCUT2D eigenvalue weighted by Crippen LogP contribution is 2.43. The monoisotopic (exact) mass is 317 g/mol. The Morgan fingerprint density at radius 3 is 2.22 bits per heavy atom. The van der Waals surface area contributed by atoms with E-state index in [0.29, 0.717) is 23.9 Å². The van der Waals surface area contributed by atoms with E-state index in [2.05, 4.69) is 4.90 Å². The quantitative estimate of drug-likeness (QED) is 0.836. The number of fused-ring (bicyclic) bond motifs is 1. The Balaban J connectivity index is 1.59. The second-order valence-corrected chi connectivity index (χ2v) is 8.18. The summed E-state index contributed by atoms with van der Waals surface area (Å²) in [5, 5.41) is 20.1. The lowest BCUT2D eigenvalue weighted by Gasteiger charge is -2.21. The largest absolute Gasteiger partial charge is 0.390 e. The fraction of sp³-hybridized carbons (Fsp3) is 0.632. The number of carbonyl (C=O) groups excluding carboxylic acids is 1. The molecule has 2 atom stereocenters. The van der Waals surface area contributed by atoms with Gasteiger partial charge in [0.2, 0.25) is 0 Å². The molecule has 0 spiro atoms. The molecule has 4 heteroatoms. The Morgan fingerprint density at radius 1 is 1.22 bits per heavy atom. The molecule has 2 unspecified atom stereocenters. The highest BCUT2D eigenvalue weighted by Gasteiger charge is 2.45. The van der Waals surface area contributed by atoms with Gasteiger partial charge < -0.3 is 10.2 Å². The van der Waals surface area contributed by atoms with Crippen LogP contribution in [0.15, 0.2) is 24.3 Å². The van der Waals surface area contributed by atoms with Crippen molar-refractivity contribution in [2.45, 2.75) is 44.8 Å². The van der Waals surface area contributed by atoms with Gasteiger partial charge in [0.15, 0.2) is 5.78 Å². The number of aliphatic hydroxyl groups is 2. The fourth-order valence-electron chi connectivity index (χ4n) is 4.20. The van der Waals surface area contributed by atoms with Gasteiger partial charge in [-0.3, -0.25) is 9.69 Å². The van der Waals surface area contributed by atoms with Crippen LogP contribution in [0.5, 0.6) is 0 Å². The Bertz CT molecular complexity index is 570. The summed E-state index contributed by atoms with van der Waals surface area (Å²) in [6.45, 7) is 7.66. The van der Waals surface area contributed by atoms with Crippen LogP contribution < -0.4 is 0 Å². The van der Waals surface area contributed by atoms with Crippen molar-refractivity contribution in [1.29, 1.82) is 0 Å². The van der Waals surface area contributed by atoms with Crippen LogP contribution >= 0.6 is 0 Å². The number of Topliss-reactive ketones (excluding diaryl/α,β-unsaturated/α-hetero) is 1. The topological polar surface area (TPSA) is 60.8 Å². The summed E-state index contributed by atoms with van der Waals surface area (Å²) in [5.41, 5.74) is 0.109. The molecule has 0 bridgehead atoms. The molecule has 0 radical (unpaired) electrons. The summed E-state index contributed by atoms with van der Waals surface area (Å²) in [4.78, 5) is 14.7. The van der Waals surface area contributed by atoms with Crippen molar-refractivity contribution in [3.05, 3.63) is 35.4 Å². The minimum Gasteiger partial charge on any atom is -0.390 e. The second kappa shape index (κ2) is 5.69. The molecule has 1 aliphatic heterocycles. The van der Waals surface area contributed by atoms with Crippen molar-refractivity contribution in [3.63, 3.8) is 0 Å². The van der Waals surface area contributed by atoms with Gasteiger partial charge >= 0.3 is 0 Å².